The summed E-state index contributed by atoms with van der Waals surface area (Å²) in [5.41, 5.74) is 0. The molecule has 12 heavy (non-hydrogen) atoms. The zero-order valence-electron chi connectivity index (χ0n) is 8.03. The maximum Gasteiger partial charge on any atom is 0.103 e. The van der Waals surface area contributed by atoms with Crippen molar-refractivity contribution in [2.24, 2.45) is 11.8 Å². The van der Waals surface area contributed by atoms with Gasteiger partial charge >= 0.3 is 0 Å². The molecule has 3 atom stereocenters. The summed E-state index contributed by atoms with van der Waals surface area (Å²) >= 11 is 0. The largest absolute Gasteiger partial charge is 0.498 e. The third-order valence-corrected chi connectivity index (χ3v) is 2.36. The zero-order valence-corrected chi connectivity index (χ0v) is 8.03. The fourth-order valence-electron chi connectivity index (χ4n) is 1.48. The first-order valence-corrected chi connectivity index (χ1v) is 4.61. The molecule has 0 aromatic carbocycles. The molecule has 0 fully saturated rings. The molecule has 0 amide bonds. The molecule has 0 bridgehead atoms. The third kappa shape index (κ3) is 2.24. The molecule has 2 nitrogen and oxygen atoms in total. The minimum atomic E-state index is -0.331. The number of hydrogen-bond acceptors (Lipinski definition) is 2. The van der Waals surface area contributed by atoms with Crippen molar-refractivity contribution in [1.29, 1.82) is 0 Å². The summed E-state index contributed by atoms with van der Waals surface area (Å²) in [4.78, 5) is 0. The van der Waals surface area contributed by atoms with E-state index in [1.165, 1.54) is 0 Å². The Morgan fingerprint density at radius 2 is 2.17 bits per heavy atom. The maximum absolute atomic E-state index is 9.49. The lowest BCUT2D eigenvalue weighted by Gasteiger charge is -2.30. The Bertz CT molecular complexity index is 163. The van der Waals surface area contributed by atoms with Gasteiger partial charge in [-0.2, -0.15) is 0 Å². The van der Waals surface area contributed by atoms with Gasteiger partial charge in [0, 0.05) is 5.92 Å². The molecule has 2 heteroatoms. The highest BCUT2D eigenvalue weighted by atomic mass is 16.5. The highest BCUT2D eigenvalue weighted by molar-refractivity contribution is 4.94. The van der Waals surface area contributed by atoms with Crippen LogP contribution in [0.4, 0.5) is 0 Å². The second-order valence-corrected chi connectivity index (χ2v) is 3.98. The summed E-state index contributed by atoms with van der Waals surface area (Å²) in [5, 5.41) is 9.49. The van der Waals surface area contributed by atoms with Crippen LogP contribution in [0.15, 0.2) is 12.3 Å². The predicted octanol–water partition coefficient (Wildman–Crippen LogP) is 1.94. The minimum Gasteiger partial charge on any atom is -0.498 e. The van der Waals surface area contributed by atoms with Crippen molar-refractivity contribution in [3.8, 4) is 0 Å². The summed E-state index contributed by atoms with van der Waals surface area (Å²) in [6, 6.07) is 0. The molecule has 0 radical (unpaired) electrons. The van der Waals surface area contributed by atoms with Gasteiger partial charge in [-0.05, 0) is 18.4 Å². The number of rotatable bonds is 2. The molecule has 0 unspecified atom stereocenters. The van der Waals surface area contributed by atoms with Crippen molar-refractivity contribution < 1.29 is 9.84 Å². The van der Waals surface area contributed by atoms with E-state index in [1.54, 1.807) is 12.3 Å². The van der Waals surface area contributed by atoms with Crippen LogP contribution < -0.4 is 0 Å². The first-order chi connectivity index (χ1) is 5.61. The molecular formula is C10H18O2. The van der Waals surface area contributed by atoms with Gasteiger partial charge in [0.1, 0.15) is 6.10 Å². The van der Waals surface area contributed by atoms with E-state index in [4.69, 9.17) is 4.74 Å². The fraction of sp³-hybridized carbons (Fsp3) is 0.800. The summed E-state index contributed by atoms with van der Waals surface area (Å²) < 4.78 is 5.43. The lowest BCUT2D eigenvalue weighted by Crippen LogP contribution is -2.33. The van der Waals surface area contributed by atoms with Crippen LogP contribution in [0.3, 0.4) is 0 Å². The van der Waals surface area contributed by atoms with Crippen LogP contribution in [-0.2, 0) is 4.74 Å². The molecular weight excluding hydrogens is 152 g/mol. The zero-order chi connectivity index (χ0) is 9.14. The molecule has 0 aromatic rings. The second-order valence-electron chi connectivity index (χ2n) is 3.98. The molecule has 70 valence electrons. The van der Waals surface area contributed by atoms with Gasteiger partial charge in [-0.15, -0.1) is 0 Å². The van der Waals surface area contributed by atoms with E-state index in [2.05, 4.69) is 13.8 Å². The first kappa shape index (κ1) is 9.59. The molecule has 1 N–H and O–H groups in total. The van der Waals surface area contributed by atoms with Crippen LogP contribution in [0.2, 0.25) is 0 Å². The van der Waals surface area contributed by atoms with Crippen molar-refractivity contribution in [2.75, 3.05) is 0 Å². The van der Waals surface area contributed by atoms with Crippen LogP contribution in [0.25, 0.3) is 0 Å². The normalized spacial score (nSPS) is 35.2. The minimum absolute atomic E-state index is 0.185. The fourth-order valence-corrected chi connectivity index (χ4v) is 1.48. The topological polar surface area (TPSA) is 29.5 Å². The molecule has 1 aliphatic rings. The smallest absolute Gasteiger partial charge is 0.103 e. The Morgan fingerprint density at radius 3 is 2.75 bits per heavy atom. The monoisotopic (exact) mass is 170 g/mol. The summed E-state index contributed by atoms with van der Waals surface area (Å²) in [5.74, 6) is 0.841. The number of hydrogen-bond donors (Lipinski definition) is 1. The van der Waals surface area contributed by atoms with Gasteiger partial charge in [0.15, 0.2) is 0 Å². The van der Waals surface area contributed by atoms with Crippen LogP contribution in [0.5, 0.6) is 0 Å². The van der Waals surface area contributed by atoms with Crippen molar-refractivity contribution in [3.05, 3.63) is 12.3 Å². The summed E-state index contributed by atoms with van der Waals surface area (Å²) in [7, 11) is 0. The van der Waals surface area contributed by atoms with Gasteiger partial charge in [-0.1, -0.05) is 20.8 Å². The van der Waals surface area contributed by atoms with Gasteiger partial charge in [0.05, 0.1) is 12.4 Å². The Labute approximate surface area is 74.2 Å². The van der Waals surface area contributed by atoms with E-state index in [0.29, 0.717) is 5.92 Å². The molecule has 0 saturated heterocycles. The van der Waals surface area contributed by atoms with Gasteiger partial charge in [0.25, 0.3) is 0 Å². The van der Waals surface area contributed by atoms with Gasteiger partial charge in [0.2, 0.25) is 0 Å². The van der Waals surface area contributed by atoms with Gasteiger partial charge in [-0.3, -0.25) is 0 Å². The maximum atomic E-state index is 9.49. The highest BCUT2D eigenvalue weighted by Crippen LogP contribution is 2.23. The quantitative estimate of drug-likeness (QED) is 0.686. The van der Waals surface area contributed by atoms with E-state index < -0.39 is 0 Å². The number of aliphatic hydroxyl groups excluding tert-OH is 1. The van der Waals surface area contributed by atoms with E-state index in [9.17, 15) is 5.11 Å². The van der Waals surface area contributed by atoms with Crippen molar-refractivity contribution in [3.63, 3.8) is 0 Å². The Morgan fingerprint density at radius 1 is 1.50 bits per heavy atom. The van der Waals surface area contributed by atoms with E-state index in [1.807, 2.05) is 6.92 Å². The third-order valence-electron chi connectivity index (χ3n) is 2.36. The molecule has 0 saturated carbocycles. The molecule has 0 aliphatic carbocycles. The average molecular weight is 170 g/mol. The number of ether oxygens (including phenoxy) is 1. The van der Waals surface area contributed by atoms with Gasteiger partial charge < -0.3 is 9.84 Å². The van der Waals surface area contributed by atoms with Gasteiger partial charge in [-0.25, -0.2) is 0 Å². The van der Waals surface area contributed by atoms with E-state index >= 15 is 0 Å². The van der Waals surface area contributed by atoms with Crippen LogP contribution in [0.1, 0.15) is 27.2 Å². The van der Waals surface area contributed by atoms with Crippen molar-refractivity contribution in [1.82, 2.24) is 0 Å². The molecule has 1 heterocycles. The predicted molar refractivity (Wildman–Crippen MR) is 48.6 cm³/mol. The van der Waals surface area contributed by atoms with Crippen molar-refractivity contribution in [2.45, 2.75) is 39.4 Å². The Hall–Kier alpha value is -0.500. The van der Waals surface area contributed by atoms with Crippen LogP contribution in [0, 0.1) is 11.8 Å². The molecule has 1 aliphatic heterocycles. The van der Waals surface area contributed by atoms with E-state index in [0.717, 1.165) is 6.42 Å². The average Bonchev–Trinajstić information content (AvgIpc) is 1.98. The Kier molecular flexibility index (Phi) is 3.15. The van der Waals surface area contributed by atoms with Crippen molar-refractivity contribution >= 4 is 0 Å². The van der Waals surface area contributed by atoms with Crippen LogP contribution >= 0.6 is 0 Å². The lowest BCUT2D eigenvalue weighted by atomic mass is 9.90. The molecule has 1 rings (SSSR count). The standard InChI is InChI=1S/C10H18O2/c1-7(2)6-10-8(3)9(11)4-5-12-10/h4-5,7-11H,6H2,1-3H3/t8-,9+,10+/m0/s1. The molecule has 0 aromatic heterocycles. The van der Waals surface area contributed by atoms with E-state index in [-0.39, 0.29) is 18.1 Å². The lowest BCUT2D eigenvalue weighted by molar-refractivity contribution is 0.000759. The summed E-state index contributed by atoms with van der Waals surface area (Å²) in [6.45, 7) is 6.36. The summed E-state index contributed by atoms with van der Waals surface area (Å²) in [6.07, 6.45) is 4.20. The second kappa shape index (κ2) is 3.94. The highest BCUT2D eigenvalue weighted by Gasteiger charge is 2.27. The van der Waals surface area contributed by atoms with Crippen LogP contribution in [-0.4, -0.2) is 17.3 Å². The SMILES string of the molecule is CC(C)C[C@H]1OC=C[C@@H](O)[C@@H]1C. The molecule has 0 spiro atoms. The number of aliphatic hydroxyl groups is 1. The first-order valence-electron chi connectivity index (χ1n) is 4.61. The Balaban J connectivity index is 2.49.